The molecule has 1 N–H and O–H groups in total. The number of hydrogen-bond acceptors (Lipinski definition) is 2. The zero-order chi connectivity index (χ0) is 15.4. The van der Waals surface area contributed by atoms with E-state index in [0.717, 1.165) is 22.8 Å². The van der Waals surface area contributed by atoms with Crippen molar-refractivity contribution in [2.75, 3.05) is 19.0 Å². The molecule has 21 heavy (non-hydrogen) atoms. The molecule has 0 aliphatic carbocycles. The third kappa shape index (κ3) is 3.99. The van der Waals surface area contributed by atoms with Crippen molar-refractivity contribution in [2.45, 2.75) is 26.4 Å². The summed E-state index contributed by atoms with van der Waals surface area (Å²) >= 11 is 6.40. The lowest BCUT2D eigenvalue weighted by molar-refractivity contribution is 0.652. The average Bonchev–Trinajstić information content (AvgIpc) is 2.48. The van der Waals surface area contributed by atoms with Gasteiger partial charge >= 0.3 is 0 Å². The van der Waals surface area contributed by atoms with Gasteiger partial charge in [-0.3, -0.25) is 0 Å². The number of benzene rings is 2. The fourth-order valence-corrected chi connectivity index (χ4v) is 2.66. The molecule has 0 bridgehead atoms. The number of anilines is 1. The molecule has 0 radical (unpaired) electrons. The molecular formula is C18H23ClN2. The van der Waals surface area contributed by atoms with Crippen LogP contribution in [0, 0.1) is 6.92 Å². The molecule has 2 aromatic carbocycles. The summed E-state index contributed by atoms with van der Waals surface area (Å²) in [6.45, 7) is 5.09. The summed E-state index contributed by atoms with van der Waals surface area (Å²) in [5.41, 5.74) is 4.85. The van der Waals surface area contributed by atoms with Crippen LogP contribution in [-0.2, 0) is 6.54 Å². The molecule has 0 amide bonds. The van der Waals surface area contributed by atoms with Crippen LogP contribution in [0.2, 0.25) is 5.02 Å². The Labute approximate surface area is 132 Å². The molecule has 1 unspecified atom stereocenters. The van der Waals surface area contributed by atoms with Crippen LogP contribution in [0.4, 0.5) is 5.69 Å². The second kappa shape index (κ2) is 6.97. The highest BCUT2D eigenvalue weighted by molar-refractivity contribution is 6.31. The van der Waals surface area contributed by atoms with Crippen LogP contribution >= 0.6 is 11.6 Å². The Balaban J connectivity index is 2.14. The van der Waals surface area contributed by atoms with Gasteiger partial charge in [0.05, 0.1) is 0 Å². The summed E-state index contributed by atoms with van der Waals surface area (Å²) in [5.74, 6) is 0. The van der Waals surface area contributed by atoms with Gasteiger partial charge in [-0.15, -0.1) is 0 Å². The molecule has 0 spiro atoms. The Morgan fingerprint density at radius 3 is 2.38 bits per heavy atom. The average molecular weight is 303 g/mol. The summed E-state index contributed by atoms with van der Waals surface area (Å²) in [7, 11) is 4.03. The van der Waals surface area contributed by atoms with Crippen molar-refractivity contribution in [3.8, 4) is 0 Å². The van der Waals surface area contributed by atoms with E-state index in [1.165, 1.54) is 11.1 Å². The standard InChI is InChI=1S/C18H23ClN2/c1-13-5-7-15(8-6-13)12-21(4)16-9-10-17(14(2)20-3)18(19)11-16/h5-11,14,20H,12H2,1-4H3. The van der Waals surface area contributed by atoms with E-state index in [2.05, 4.69) is 67.5 Å². The fraction of sp³-hybridized carbons (Fsp3) is 0.333. The largest absolute Gasteiger partial charge is 0.370 e. The first-order valence-electron chi connectivity index (χ1n) is 7.24. The van der Waals surface area contributed by atoms with Crippen molar-refractivity contribution in [3.63, 3.8) is 0 Å². The van der Waals surface area contributed by atoms with Gasteiger partial charge in [0.1, 0.15) is 0 Å². The Hall–Kier alpha value is -1.51. The van der Waals surface area contributed by atoms with Gasteiger partial charge in [-0.1, -0.05) is 47.5 Å². The van der Waals surface area contributed by atoms with Crippen molar-refractivity contribution in [3.05, 3.63) is 64.2 Å². The smallest absolute Gasteiger partial charge is 0.0474 e. The van der Waals surface area contributed by atoms with Crippen molar-refractivity contribution >= 4 is 17.3 Å². The maximum Gasteiger partial charge on any atom is 0.0474 e. The monoisotopic (exact) mass is 302 g/mol. The number of nitrogens with one attached hydrogen (secondary N) is 1. The van der Waals surface area contributed by atoms with Gasteiger partial charge in [0.25, 0.3) is 0 Å². The maximum absolute atomic E-state index is 6.40. The molecule has 2 aromatic rings. The lowest BCUT2D eigenvalue weighted by Gasteiger charge is -2.21. The first-order chi connectivity index (χ1) is 10.0. The second-order valence-corrected chi connectivity index (χ2v) is 5.97. The van der Waals surface area contributed by atoms with E-state index in [4.69, 9.17) is 11.6 Å². The summed E-state index contributed by atoms with van der Waals surface area (Å²) < 4.78 is 0. The lowest BCUT2D eigenvalue weighted by atomic mass is 10.1. The highest BCUT2D eigenvalue weighted by Crippen LogP contribution is 2.28. The second-order valence-electron chi connectivity index (χ2n) is 5.56. The number of hydrogen-bond donors (Lipinski definition) is 1. The van der Waals surface area contributed by atoms with Crippen LogP contribution in [-0.4, -0.2) is 14.1 Å². The topological polar surface area (TPSA) is 15.3 Å². The van der Waals surface area contributed by atoms with E-state index in [1.807, 2.05) is 13.1 Å². The number of aryl methyl sites for hydroxylation is 1. The van der Waals surface area contributed by atoms with Gasteiger partial charge < -0.3 is 10.2 Å². The lowest BCUT2D eigenvalue weighted by Crippen LogP contribution is -2.17. The molecule has 0 aromatic heterocycles. The summed E-state index contributed by atoms with van der Waals surface area (Å²) in [4.78, 5) is 2.21. The molecule has 3 heteroatoms. The molecule has 2 rings (SSSR count). The molecule has 0 fully saturated rings. The minimum atomic E-state index is 0.258. The predicted molar refractivity (Wildman–Crippen MR) is 92.2 cm³/mol. The van der Waals surface area contributed by atoms with E-state index < -0.39 is 0 Å². The van der Waals surface area contributed by atoms with E-state index in [-0.39, 0.29) is 6.04 Å². The summed E-state index contributed by atoms with van der Waals surface area (Å²) in [5, 5.41) is 4.03. The fourth-order valence-electron chi connectivity index (χ4n) is 2.32. The molecule has 2 nitrogen and oxygen atoms in total. The van der Waals surface area contributed by atoms with Crippen molar-refractivity contribution in [2.24, 2.45) is 0 Å². The number of rotatable bonds is 5. The highest BCUT2D eigenvalue weighted by Gasteiger charge is 2.10. The zero-order valence-corrected chi connectivity index (χ0v) is 13.9. The van der Waals surface area contributed by atoms with Gasteiger partial charge in [-0.25, -0.2) is 0 Å². The Morgan fingerprint density at radius 1 is 1.14 bits per heavy atom. The zero-order valence-electron chi connectivity index (χ0n) is 13.2. The van der Waals surface area contributed by atoms with Gasteiger partial charge in [-0.2, -0.15) is 0 Å². The molecule has 0 heterocycles. The third-order valence-corrected chi connectivity index (χ3v) is 4.19. The molecule has 0 saturated heterocycles. The molecule has 112 valence electrons. The highest BCUT2D eigenvalue weighted by atomic mass is 35.5. The first kappa shape index (κ1) is 15.9. The van der Waals surface area contributed by atoms with Gasteiger partial charge in [0, 0.05) is 30.3 Å². The third-order valence-electron chi connectivity index (χ3n) is 3.86. The minimum absolute atomic E-state index is 0.258. The molecular weight excluding hydrogens is 280 g/mol. The van der Waals surface area contributed by atoms with Crippen molar-refractivity contribution in [1.29, 1.82) is 0 Å². The number of nitrogens with zero attached hydrogens (tertiary/aromatic N) is 1. The Kier molecular flexibility index (Phi) is 5.27. The minimum Gasteiger partial charge on any atom is -0.370 e. The van der Waals surface area contributed by atoms with Gasteiger partial charge in [-0.05, 0) is 44.2 Å². The predicted octanol–water partition coefficient (Wildman–Crippen LogP) is 4.57. The summed E-state index contributed by atoms with van der Waals surface area (Å²) in [6, 6.07) is 15.2. The summed E-state index contributed by atoms with van der Waals surface area (Å²) in [6.07, 6.45) is 0. The Bertz CT molecular complexity index is 593. The molecule has 0 aliphatic rings. The molecule has 0 aliphatic heterocycles. The van der Waals surface area contributed by atoms with Crippen LogP contribution in [0.1, 0.15) is 29.7 Å². The first-order valence-corrected chi connectivity index (χ1v) is 7.62. The van der Waals surface area contributed by atoms with Crippen molar-refractivity contribution in [1.82, 2.24) is 5.32 Å². The van der Waals surface area contributed by atoms with Gasteiger partial charge in [0.2, 0.25) is 0 Å². The van der Waals surface area contributed by atoms with Crippen LogP contribution in [0.5, 0.6) is 0 Å². The van der Waals surface area contributed by atoms with Crippen LogP contribution < -0.4 is 10.2 Å². The van der Waals surface area contributed by atoms with E-state index in [1.54, 1.807) is 0 Å². The number of halogens is 1. The normalized spacial score (nSPS) is 12.2. The molecule has 1 atom stereocenters. The van der Waals surface area contributed by atoms with Crippen LogP contribution in [0.3, 0.4) is 0 Å². The van der Waals surface area contributed by atoms with E-state index >= 15 is 0 Å². The molecule has 0 saturated carbocycles. The van der Waals surface area contributed by atoms with Gasteiger partial charge in [0.15, 0.2) is 0 Å². The van der Waals surface area contributed by atoms with Crippen LogP contribution in [0.15, 0.2) is 42.5 Å². The van der Waals surface area contributed by atoms with Crippen LogP contribution in [0.25, 0.3) is 0 Å². The maximum atomic E-state index is 6.40. The van der Waals surface area contributed by atoms with E-state index in [0.29, 0.717) is 0 Å². The SMILES string of the molecule is CNC(C)c1ccc(N(C)Cc2ccc(C)cc2)cc1Cl. The Morgan fingerprint density at radius 2 is 1.81 bits per heavy atom. The van der Waals surface area contributed by atoms with Crippen molar-refractivity contribution < 1.29 is 0 Å². The quantitative estimate of drug-likeness (QED) is 0.870. The van der Waals surface area contributed by atoms with E-state index in [9.17, 15) is 0 Å².